The zero-order chi connectivity index (χ0) is 15.5. The first-order chi connectivity index (χ1) is 10.6. The minimum Gasteiger partial charge on any atom is -0.479 e. The van der Waals surface area contributed by atoms with E-state index < -0.39 is 12.1 Å². The summed E-state index contributed by atoms with van der Waals surface area (Å²) in [5, 5.41) is 8.97. The van der Waals surface area contributed by atoms with Crippen LogP contribution < -0.4 is 0 Å². The highest BCUT2D eigenvalue weighted by Crippen LogP contribution is 2.20. The standard InChI is InChI=1S/C15H14N2O5/c18-14(17-5-6-21-13(8-17)15(19)20)11-3-1-10(2-4-11)12-7-16-9-22-12/h1-4,7,9,13H,5-6,8H2,(H,19,20). The summed E-state index contributed by atoms with van der Waals surface area (Å²) in [6.45, 7) is 0.656. The first kappa shape index (κ1) is 14.3. The van der Waals surface area contributed by atoms with E-state index in [2.05, 4.69) is 4.98 Å². The number of ether oxygens (including phenoxy) is 1. The van der Waals surface area contributed by atoms with Gasteiger partial charge in [-0.2, -0.15) is 0 Å². The maximum Gasteiger partial charge on any atom is 0.334 e. The maximum atomic E-state index is 12.4. The number of aliphatic carboxylic acids is 1. The Hall–Kier alpha value is -2.67. The zero-order valence-electron chi connectivity index (χ0n) is 11.6. The van der Waals surface area contributed by atoms with Gasteiger partial charge in [0.1, 0.15) is 0 Å². The number of nitrogens with zero attached hydrogens (tertiary/aromatic N) is 2. The summed E-state index contributed by atoms with van der Waals surface area (Å²) < 4.78 is 10.3. The van der Waals surface area contributed by atoms with Gasteiger partial charge in [-0.05, 0) is 12.1 Å². The Morgan fingerprint density at radius 1 is 1.27 bits per heavy atom. The maximum absolute atomic E-state index is 12.4. The molecule has 1 fully saturated rings. The van der Waals surface area contributed by atoms with Crippen molar-refractivity contribution in [2.45, 2.75) is 6.10 Å². The summed E-state index contributed by atoms with van der Waals surface area (Å²) in [4.78, 5) is 28.7. The van der Waals surface area contributed by atoms with Gasteiger partial charge in [0.15, 0.2) is 18.3 Å². The number of aromatic nitrogens is 1. The summed E-state index contributed by atoms with van der Waals surface area (Å²) in [6.07, 6.45) is 1.97. The molecule has 0 bridgehead atoms. The van der Waals surface area contributed by atoms with Crippen molar-refractivity contribution >= 4 is 11.9 Å². The Bertz CT molecular complexity index is 666. The molecule has 7 heteroatoms. The van der Waals surface area contributed by atoms with E-state index >= 15 is 0 Å². The van der Waals surface area contributed by atoms with Gasteiger partial charge >= 0.3 is 5.97 Å². The number of amides is 1. The highest BCUT2D eigenvalue weighted by atomic mass is 16.5. The third kappa shape index (κ3) is 2.84. The van der Waals surface area contributed by atoms with Crippen LogP contribution in [0.5, 0.6) is 0 Å². The second kappa shape index (κ2) is 5.98. The number of hydrogen-bond acceptors (Lipinski definition) is 5. The van der Waals surface area contributed by atoms with Gasteiger partial charge in [-0.3, -0.25) is 4.79 Å². The number of hydrogen-bond donors (Lipinski definition) is 1. The van der Waals surface area contributed by atoms with Crippen molar-refractivity contribution in [1.29, 1.82) is 0 Å². The molecule has 0 spiro atoms. The topological polar surface area (TPSA) is 92.9 Å². The lowest BCUT2D eigenvalue weighted by Gasteiger charge is -2.30. The van der Waals surface area contributed by atoms with Gasteiger partial charge in [-0.1, -0.05) is 12.1 Å². The molecular weight excluding hydrogens is 288 g/mol. The number of oxazole rings is 1. The van der Waals surface area contributed by atoms with Gasteiger partial charge in [0.2, 0.25) is 0 Å². The van der Waals surface area contributed by atoms with Crippen LogP contribution in [0.4, 0.5) is 0 Å². The van der Waals surface area contributed by atoms with E-state index in [0.717, 1.165) is 5.56 Å². The summed E-state index contributed by atoms with van der Waals surface area (Å²) in [7, 11) is 0. The van der Waals surface area contributed by atoms with E-state index in [-0.39, 0.29) is 19.1 Å². The molecule has 22 heavy (non-hydrogen) atoms. The fraction of sp³-hybridized carbons (Fsp3) is 0.267. The Labute approximate surface area is 126 Å². The van der Waals surface area contributed by atoms with Crippen LogP contribution in [0.3, 0.4) is 0 Å². The molecule has 1 aromatic heterocycles. The number of rotatable bonds is 3. The summed E-state index contributed by atoms with van der Waals surface area (Å²) in [5.41, 5.74) is 1.31. The molecule has 1 aliphatic heterocycles. The van der Waals surface area contributed by atoms with Crippen molar-refractivity contribution < 1.29 is 23.8 Å². The van der Waals surface area contributed by atoms with Gasteiger partial charge in [-0.25, -0.2) is 9.78 Å². The first-order valence-corrected chi connectivity index (χ1v) is 6.78. The third-order valence-electron chi connectivity index (χ3n) is 3.48. The number of carbonyl (C=O) groups excluding carboxylic acids is 1. The zero-order valence-corrected chi connectivity index (χ0v) is 11.6. The molecule has 1 aliphatic rings. The summed E-state index contributed by atoms with van der Waals surface area (Å²) >= 11 is 0. The number of benzene rings is 1. The molecule has 1 aromatic carbocycles. The lowest BCUT2D eigenvalue weighted by molar-refractivity contribution is -0.154. The third-order valence-corrected chi connectivity index (χ3v) is 3.48. The van der Waals surface area contributed by atoms with Gasteiger partial charge in [0.25, 0.3) is 5.91 Å². The molecule has 2 heterocycles. The van der Waals surface area contributed by atoms with E-state index in [9.17, 15) is 9.59 Å². The van der Waals surface area contributed by atoms with E-state index in [1.54, 1.807) is 30.5 Å². The fourth-order valence-corrected chi connectivity index (χ4v) is 2.30. The van der Waals surface area contributed by atoms with Crippen LogP contribution in [0.2, 0.25) is 0 Å². The van der Waals surface area contributed by atoms with E-state index in [1.165, 1.54) is 11.3 Å². The van der Waals surface area contributed by atoms with Crippen LogP contribution in [0.15, 0.2) is 41.3 Å². The molecular formula is C15H14N2O5. The highest BCUT2D eigenvalue weighted by molar-refractivity contribution is 5.95. The molecule has 2 aromatic rings. The number of carboxylic acids is 1. The van der Waals surface area contributed by atoms with Gasteiger partial charge in [0, 0.05) is 17.7 Å². The molecule has 0 aliphatic carbocycles. The van der Waals surface area contributed by atoms with Gasteiger partial charge < -0.3 is 19.2 Å². The Kier molecular flexibility index (Phi) is 3.88. The minimum absolute atomic E-state index is 0.0536. The van der Waals surface area contributed by atoms with Crippen LogP contribution in [-0.4, -0.2) is 52.7 Å². The van der Waals surface area contributed by atoms with Crippen molar-refractivity contribution in [2.75, 3.05) is 19.7 Å². The number of carbonyl (C=O) groups is 2. The Morgan fingerprint density at radius 3 is 2.68 bits per heavy atom. The second-order valence-electron chi connectivity index (χ2n) is 4.89. The van der Waals surface area contributed by atoms with Crippen molar-refractivity contribution in [1.82, 2.24) is 9.88 Å². The molecule has 1 unspecified atom stereocenters. The molecule has 3 rings (SSSR count). The first-order valence-electron chi connectivity index (χ1n) is 6.78. The molecule has 7 nitrogen and oxygen atoms in total. The van der Waals surface area contributed by atoms with Crippen LogP contribution >= 0.6 is 0 Å². The Morgan fingerprint density at radius 2 is 2.05 bits per heavy atom. The monoisotopic (exact) mass is 302 g/mol. The lowest BCUT2D eigenvalue weighted by atomic mass is 10.1. The average Bonchev–Trinajstić information content (AvgIpc) is 3.09. The van der Waals surface area contributed by atoms with Crippen molar-refractivity contribution in [3.8, 4) is 11.3 Å². The molecule has 1 amide bonds. The highest BCUT2D eigenvalue weighted by Gasteiger charge is 2.29. The van der Waals surface area contributed by atoms with E-state index in [4.69, 9.17) is 14.3 Å². The SMILES string of the molecule is O=C(O)C1CN(C(=O)c2ccc(-c3cnco3)cc2)CCO1. The smallest absolute Gasteiger partial charge is 0.334 e. The predicted molar refractivity (Wildman–Crippen MR) is 75.2 cm³/mol. The van der Waals surface area contributed by atoms with Gasteiger partial charge in [-0.15, -0.1) is 0 Å². The molecule has 114 valence electrons. The summed E-state index contributed by atoms with van der Waals surface area (Å²) in [6, 6.07) is 6.91. The predicted octanol–water partition coefficient (Wildman–Crippen LogP) is 1.27. The Balaban J connectivity index is 1.73. The van der Waals surface area contributed by atoms with Gasteiger partial charge in [0.05, 0.1) is 19.3 Å². The quantitative estimate of drug-likeness (QED) is 0.917. The van der Waals surface area contributed by atoms with Crippen molar-refractivity contribution in [3.63, 3.8) is 0 Å². The number of morpholine rings is 1. The van der Waals surface area contributed by atoms with Crippen LogP contribution in [0, 0.1) is 0 Å². The van der Waals surface area contributed by atoms with E-state index in [1.807, 2.05) is 0 Å². The fourth-order valence-electron chi connectivity index (χ4n) is 2.30. The molecule has 0 saturated carbocycles. The molecule has 1 N–H and O–H groups in total. The molecule has 1 saturated heterocycles. The van der Waals surface area contributed by atoms with Crippen LogP contribution in [0.25, 0.3) is 11.3 Å². The van der Waals surface area contributed by atoms with Crippen LogP contribution in [0.1, 0.15) is 10.4 Å². The average molecular weight is 302 g/mol. The summed E-state index contributed by atoms with van der Waals surface area (Å²) in [5.74, 6) is -0.645. The largest absolute Gasteiger partial charge is 0.479 e. The second-order valence-corrected chi connectivity index (χ2v) is 4.89. The molecule has 1 atom stereocenters. The van der Waals surface area contributed by atoms with Crippen molar-refractivity contribution in [3.05, 3.63) is 42.4 Å². The lowest BCUT2D eigenvalue weighted by Crippen LogP contribution is -2.48. The molecule has 0 radical (unpaired) electrons. The normalized spacial score (nSPS) is 18.2. The van der Waals surface area contributed by atoms with Crippen molar-refractivity contribution in [2.24, 2.45) is 0 Å². The van der Waals surface area contributed by atoms with E-state index in [0.29, 0.717) is 17.9 Å². The number of carboxylic acid groups (broad SMARTS) is 1. The minimum atomic E-state index is -1.06. The van der Waals surface area contributed by atoms with Crippen LogP contribution in [-0.2, 0) is 9.53 Å².